The van der Waals surface area contributed by atoms with Crippen LogP contribution in [0.25, 0.3) is 22.2 Å². The zero-order chi connectivity index (χ0) is 21.4. The summed E-state index contributed by atoms with van der Waals surface area (Å²) in [6.45, 7) is 5.84. The Morgan fingerprint density at radius 2 is 1.90 bits per heavy atom. The Morgan fingerprint density at radius 1 is 1.06 bits per heavy atom. The Morgan fingerprint density at radius 3 is 2.71 bits per heavy atom. The average Bonchev–Trinajstić information content (AvgIpc) is 3.16. The van der Waals surface area contributed by atoms with Gasteiger partial charge in [-0.15, -0.1) is 0 Å². The molecule has 1 fully saturated rings. The predicted octanol–water partition coefficient (Wildman–Crippen LogP) is 3.10. The molecule has 1 N–H and O–H groups in total. The van der Waals surface area contributed by atoms with Crippen LogP contribution in [0.5, 0.6) is 0 Å². The number of piperidine rings is 1. The van der Waals surface area contributed by atoms with E-state index in [1.165, 1.54) is 32.4 Å². The number of likely N-dealkylation sites (N-methyl/N-ethyl adjacent to an activating group) is 1. The molecule has 7 nitrogen and oxygen atoms in total. The summed E-state index contributed by atoms with van der Waals surface area (Å²) in [6, 6.07) is 5.97. The van der Waals surface area contributed by atoms with Crippen LogP contribution >= 0.6 is 0 Å². The van der Waals surface area contributed by atoms with Gasteiger partial charge in [0.05, 0.1) is 17.6 Å². The largest absolute Gasteiger partial charge is 0.383 e. The van der Waals surface area contributed by atoms with Gasteiger partial charge >= 0.3 is 0 Å². The van der Waals surface area contributed by atoms with Gasteiger partial charge in [-0.05, 0) is 58.2 Å². The molecule has 1 aliphatic heterocycles. The average molecular weight is 419 g/mol. The third-order valence-corrected chi connectivity index (χ3v) is 6.42. The molecule has 0 bridgehead atoms. The van der Waals surface area contributed by atoms with Gasteiger partial charge in [-0.2, -0.15) is 5.10 Å². The van der Waals surface area contributed by atoms with Crippen LogP contribution in [0.1, 0.15) is 35.2 Å². The Kier molecular flexibility index (Phi) is 5.46. The number of nitrogens with zero attached hydrogens (tertiary/aromatic N) is 5. The number of fused-ring (bicyclic) bond motifs is 2. The number of hydrogen-bond acceptors (Lipinski definition) is 6. The number of anilines is 1. The standard InChI is InChI=1S/C24H30N6O/c1-28(2)14-15-30-20-7-6-19(26-10-13-29-11-4-3-5-12-29)21-22(20)23(27-30)18-16-25-9-8-17(18)24(21)31/h6-9,16,26H,3-5,10-15H2,1-2H3. The van der Waals surface area contributed by atoms with Crippen molar-refractivity contribution in [2.45, 2.75) is 25.8 Å². The van der Waals surface area contributed by atoms with Crippen LogP contribution in [0.4, 0.5) is 5.69 Å². The van der Waals surface area contributed by atoms with Gasteiger partial charge in [0.1, 0.15) is 5.69 Å². The monoisotopic (exact) mass is 418 g/mol. The highest BCUT2D eigenvalue weighted by Gasteiger charge is 2.31. The topological polar surface area (TPSA) is 66.3 Å². The maximum Gasteiger partial charge on any atom is 0.196 e. The minimum atomic E-state index is 0.0585. The molecule has 0 spiro atoms. The number of carbonyl (C=O) groups is 1. The fourth-order valence-corrected chi connectivity index (χ4v) is 4.76. The van der Waals surface area contributed by atoms with E-state index in [1.807, 2.05) is 10.7 Å². The van der Waals surface area contributed by atoms with Gasteiger partial charge in [0.15, 0.2) is 5.78 Å². The van der Waals surface area contributed by atoms with Crippen LogP contribution < -0.4 is 5.32 Å². The van der Waals surface area contributed by atoms with Gasteiger partial charge in [0.2, 0.25) is 0 Å². The molecule has 0 saturated carbocycles. The molecular weight excluding hydrogens is 388 g/mol. The molecule has 3 aromatic rings. The summed E-state index contributed by atoms with van der Waals surface area (Å²) in [5, 5.41) is 9.44. The van der Waals surface area contributed by atoms with E-state index in [4.69, 9.17) is 5.10 Å². The Bertz CT molecular complexity index is 1110. The van der Waals surface area contributed by atoms with E-state index in [9.17, 15) is 4.79 Å². The molecule has 1 aromatic carbocycles. The highest BCUT2D eigenvalue weighted by molar-refractivity contribution is 6.27. The number of rotatable bonds is 7. The van der Waals surface area contributed by atoms with E-state index in [1.54, 1.807) is 12.4 Å². The number of pyridine rings is 1. The quantitative estimate of drug-likeness (QED) is 0.498. The first-order valence-corrected chi connectivity index (χ1v) is 11.3. The molecule has 1 saturated heterocycles. The molecule has 2 aliphatic rings. The van der Waals surface area contributed by atoms with Gasteiger partial charge in [0, 0.05) is 54.2 Å². The number of likely N-dealkylation sites (tertiary alicyclic amines) is 1. The van der Waals surface area contributed by atoms with E-state index in [-0.39, 0.29) is 5.78 Å². The summed E-state index contributed by atoms with van der Waals surface area (Å²) in [4.78, 5) is 22.5. The lowest BCUT2D eigenvalue weighted by atomic mass is 9.87. The number of carbonyl (C=O) groups excluding carboxylic acids is 1. The van der Waals surface area contributed by atoms with Crippen molar-refractivity contribution in [3.8, 4) is 11.3 Å². The maximum absolute atomic E-state index is 13.5. The summed E-state index contributed by atoms with van der Waals surface area (Å²) < 4.78 is 2.03. The second-order valence-electron chi connectivity index (χ2n) is 8.84. The third kappa shape index (κ3) is 3.72. The van der Waals surface area contributed by atoms with Crippen molar-refractivity contribution in [3.05, 3.63) is 41.7 Å². The van der Waals surface area contributed by atoms with Crippen molar-refractivity contribution in [2.24, 2.45) is 0 Å². The Hall–Kier alpha value is -2.77. The Balaban J connectivity index is 1.52. The fourth-order valence-electron chi connectivity index (χ4n) is 4.76. The normalized spacial score (nSPS) is 16.2. The van der Waals surface area contributed by atoms with E-state index < -0.39 is 0 Å². The molecule has 0 atom stereocenters. The molecule has 7 heteroatoms. The van der Waals surface area contributed by atoms with Crippen molar-refractivity contribution in [3.63, 3.8) is 0 Å². The molecule has 31 heavy (non-hydrogen) atoms. The second kappa shape index (κ2) is 8.40. The van der Waals surface area contributed by atoms with Gasteiger partial charge in [-0.25, -0.2) is 0 Å². The van der Waals surface area contributed by atoms with Crippen LogP contribution in [-0.4, -0.2) is 77.2 Å². The molecular formula is C24H30N6O. The first-order chi connectivity index (χ1) is 15.1. The number of aromatic nitrogens is 3. The molecule has 0 amide bonds. The van der Waals surface area contributed by atoms with E-state index in [2.05, 4.69) is 46.3 Å². The third-order valence-electron chi connectivity index (χ3n) is 6.42. The molecule has 3 heterocycles. The first kappa shape index (κ1) is 20.2. The van der Waals surface area contributed by atoms with Crippen LogP contribution in [0.15, 0.2) is 30.6 Å². The van der Waals surface area contributed by atoms with Crippen LogP contribution in [0.2, 0.25) is 0 Å². The van der Waals surface area contributed by atoms with E-state index in [0.717, 1.165) is 59.6 Å². The highest BCUT2D eigenvalue weighted by Crippen LogP contribution is 2.41. The molecule has 162 valence electrons. The lowest BCUT2D eigenvalue weighted by molar-refractivity contribution is 0.104. The van der Waals surface area contributed by atoms with E-state index >= 15 is 0 Å². The predicted molar refractivity (Wildman–Crippen MR) is 124 cm³/mol. The summed E-state index contributed by atoms with van der Waals surface area (Å²) >= 11 is 0. The first-order valence-electron chi connectivity index (χ1n) is 11.3. The zero-order valence-electron chi connectivity index (χ0n) is 18.4. The minimum absolute atomic E-state index is 0.0585. The van der Waals surface area contributed by atoms with Crippen molar-refractivity contribution in [2.75, 3.05) is 52.1 Å². The van der Waals surface area contributed by atoms with Gasteiger partial charge in [-0.3, -0.25) is 14.5 Å². The number of benzene rings is 1. The Labute approximate surface area is 183 Å². The summed E-state index contributed by atoms with van der Waals surface area (Å²) in [5.74, 6) is 0.0585. The van der Waals surface area contributed by atoms with E-state index in [0.29, 0.717) is 5.56 Å². The lowest BCUT2D eigenvalue weighted by Crippen LogP contribution is -2.33. The minimum Gasteiger partial charge on any atom is -0.383 e. The summed E-state index contributed by atoms with van der Waals surface area (Å²) in [6.07, 6.45) is 7.37. The number of ketones is 1. The summed E-state index contributed by atoms with van der Waals surface area (Å²) in [7, 11) is 4.12. The van der Waals surface area contributed by atoms with Gasteiger partial charge in [-0.1, -0.05) is 6.42 Å². The van der Waals surface area contributed by atoms with Gasteiger partial charge < -0.3 is 15.1 Å². The lowest BCUT2D eigenvalue weighted by Gasteiger charge is -2.27. The number of nitrogens with one attached hydrogen (secondary N) is 1. The molecule has 5 rings (SSSR count). The smallest absolute Gasteiger partial charge is 0.196 e. The summed E-state index contributed by atoms with van der Waals surface area (Å²) in [5.41, 5.74) is 5.06. The van der Waals surface area contributed by atoms with Crippen LogP contribution in [0, 0.1) is 0 Å². The van der Waals surface area contributed by atoms with Crippen molar-refractivity contribution >= 4 is 22.4 Å². The highest BCUT2D eigenvalue weighted by atomic mass is 16.1. The fraction of sp³-hybridized carbons (Fsp3) is 0.458. The second-order valence-corrected chi connectivity index (χ2v) is 8.84. The molecule has 0 unspecified atom stereocenters. The van der Waals surface area contributed by atoms with Crippen molar-refractivity contribution in [1.82, 2.24) is 24.6 Å². The molecule has 1 aliphatic carbocycles. The van der Waals surface area contributed by atoms with Crippen molar-refractivity contribution in [1.29, 1.82) is 0 Å². The zero-order valence-corrected chi connectivity index (χ0v) is 18.4. The molecule has 0 radical (unpaired) electrons. The maximum atomic E-state index is 13.5. The van der Waals surface area contributed by atoms with Gasteiger partial charge in [0.25, 0.3) is 0 Å². The van der Waals surface area contributed by atoms with Crippen LogP contribution in [-0.2, 0) is 6.54 Å². The van der Waals surface area contributed by atoms with Crippen LogP contribution in [0.3, 0.4) is 0 Å². The molecule has 2 aromatic heterocycles. The van der Waals surface area contributed by atoms with Crippen molar-refractivity contribution < 1.29 is 4.79 Å². The number of hydrogen-bond donors (Lipinski definition) is 1. The SMILES string of the molecule is CN(C)CCn1nc2c3c(c(NCCN4CCCCC4)ccc31)C(=O)c1ccncc1-2.